The lowest BCUT2D eigenvalue weighted by Crippen LogP contribution is -2.25. The molecule has 1 N–H and O–H groups in total. The van der Waals surface area contributed by atoms with Crippen LogP contribution in [0, 0.1) is 12.7 Å². The van der Waals surface area contributed by atoms with Crippen LogP contribution in [0.15, 0.2) is 46.2 Å². The molecule has 0 aliphatic carbocycles. The molecule has 0 saturated carbocycles. The van der Waals surface area contributed by atoms with Crippen LogP contribution in [0.1, 0.15) is 30.9 Å². The first-order valence-electron chi connectivity index (χ1n) is 8.41. The van der Waals surface area contributed by atoms with Gasteiger partial charge in [-0.05, 0) is 61.2 Å². The van der Waals surface area contributed by atoms with Crippen molar-refractivity contribution in [1.29, 1.82) is 0 Å². The average molecular weight is 361 g/mol. The fraction of sp³-hybridized carbons (Fsp3) is 0.350. The molecule has 0 radical (unpaired) electrons. The Morgan fingerprint density at radius 1 is 1.24 bits per heavy atom. The van der Waals surface area contributed by atoms with Gasteiger partial charge in [-0.2, -0.15) is 0 Å². The molecule has 25 heavy (non-hydrogen) atoms. The molecular weight excluding hydrogens is 337 g/mol. The number of halogens is 1. The van der Waals surface area contributed by atoms with Crippen molar-refractivity contribution in [3.8, 4) is 5.75 Å². The molecule has 5 heteroatoms. The minimum atomic E-state index is -0.246. The number of methoxy groups -OCH3 is 1. The van der Waals surface area contributed by atoms with Gasteiger partial charge >= 0.3 is 0 Å². The molecule has 3 nitrogen and oxygen atoms in total. The normalized spacial score (nSPS) is 10.6. The first-order valence-corrected chi connectivity index (χ1v) is 9.22. The highest BCUT2D eigenvalue weighted by molar-refractivity contribution is 7.99. The molecule has 0 bridgehead atoms. The van der Waals surface area contributed by atoms with E-state index in [1.807, 2.05) is 13.8 Å². The lowest BCUT2D eigenvalue weighted by Gasteiger charge is -2.15. The van der Waals surface area contributed by atoms with Gasteiger partial charge in [0, 0.05) is 17.9 Å². The molecule has 2 rings (SSSR count). The minimum absolute atomic E-state index is 0.0787. The molecule has 0 unspecified atom stereocenters. The monoisotopic (exact) mass is 361 g/mol. The summed E-state index contributed by atoms with van der Waals surface area (Å²) in [5.41, 5.74) is 2.18. The Morgan fingerprint density at radius 3 is 2.60 bits per heavy atom. The summed E-state index contributed by atoms with van der Waals surface area (Å²) in [6.45, 7) is 4.61. The lowest BCUT2D eigenvalue weighted by molar-refractivity contribution is -0.121. The molecule has 1 amide bonds. The number of carbonyl (C=O) groups excluding carboxylic acids is 1. The zero-order chi connectivity index (χ0) is 18.2. The Labute approximate surface area is 153 Å². The minimum Gasteiger partial charge on any atom is -0.495 e. The topological polar surface area (TPSA) is 38.3 Å². The number of aryl methyl sites for hydroxylation is 1. The summed E-state index contributed by atoms with van der Waals surface area (Å²) in [7, 11) is 1.65. The van der Waals surface area contributed by atoms with Crippen molar-refractivity contribution in [3.63, 3.8) is 0 Å². The highest BCUT2D eigenvalue weighted by Crippen LogP contribution is 2.38. The van der Waals surface area contributed by atoms with Crippen LogP contribution in [0.4, 0.5) is 4.39 Å². The predicted octanol–water partition coefficient (Wildman–Crippen LogP) is 4.75. The third-order valence-electron chi connectivity index (χ3n) is 3.72. The zero-order valence-electron chi connectivity index (χ0n) is 14.9. The summed E-state index contributed by atoms with van der Waals surface area (Å²) in [5, 5.41) is 2.94. The van der Waals surface area contributed by atoms with E-state index in [0.29, 0.717) is 19.4 Å². The lowest BCUT2D eigenvalue weighted by atomic mass is 10.1. The molecular formula is C20H24FNO2S. The number of ether oxygens (including phenoxy) is 1. The fourth-order valence-corrected chi connectivity index (χ4v) is 3.67. The van der Waals surface area contributed by atoms with Crippen LogP contribution in [0.3, 0.4) is 0 Å². The van der Waals surface area contributed by atoms with Crippen LogP contribution in [-0.4, -0.2) is 19.6 Å². The Balaban J connectivity index is 2.15. The van der Waals surface area contributed by atoms with E-state index in [1.54, 1.807) is 31.0 Å². The maximum Gasteiger partial charge on any atom is 0.219 e. The van der Waals surface area contributed by atoms with Gasteiger partial charge in [-0.3, -0.25) is 4.79 Å². The van der Waals surface area contributed by atoms with Crippen LogP contribution < -0.4 is 10.1 Å². The molecule has 2 aromatic rings. The number of rotatable bonds is 8. The molecule has 0 aromatic heterocycles. The largest absolute Gasteiger partial charge is 0.495 e. The third-order valence-corrected chi connectivity index (χ3v) is 4.75. The summed E-state index contributed by atoms with van der Waals surface area (Å²) >= 11 is 1.54. The van der Waals surface area contributed by atoms with E-state index in [2.05, 4.69) is 17.4 Å². The molecule has 0 aliphatic rings. The Hall–Kier alpha value is -2.01. The Kier molecular flexibility index (Phi) is 7.31. The maximum atomic E-state index is 13.1. The van der Waals surface area contributed by atoms with Gasteiger partial charge in [-0.1, -0.05) is 24.8 Å². The van der Waals surface area contributed by atoms with Gasteiger partial charge in [-0.25, -0.2) is 4.39 Å². The molecule has 0 spiro atoms. The molecule has 0 aliphatic heterocycles. The van der Waals surface area contributed by atoms with Crippen molar-refractivity contribution >= 4 is 17.7 Å². The van der Waals surface area contributed by atoms with Gasteiger partial charge < -0.3 is 10.1 Å². The second-order valence-corrected chi connectivity index (χ2v) is 6.98. The number of amides is 1. The van der Waals surface area contributed by atoms with E-state index in [0.717, 1.165) is 33.1 Å². The van der Waals surface area contributed by atoms with E-state index < -0.39 is 0 Å². The third kappa shape index (κ3) is 5.78. The number of hydrogen-bond acceptors (Lipinski definition) is 3. The van der Waals surface area contributed by atoms with Gasteiger partial charge in [0.15, 0.2) is 0 Å². The van der Waals surface area contributed by atoms with Crippen molar-refractivity contribution in [2.75, 3.05) is 13.7 Å². The molecule has 0 saturated heterocycles. The Morgan fingerprint density at radius 2 is 1.96 bits per heavy atom. The first kappa shape index (κ1) is 19.3. The quantitative estimate of drug-likeness (QED) is 0.737. The second kappa shape index (κ2) is 9.47. The molecule has 134 valence electrons. The number of hydrogen-bond donors (Lipinski definition) is 1. The standard InChI is InChI=1S/C20H24FNO2S/c1-4-5-19(23)22-11-10-15-12-14(2)13-18(20(15)24-3)25-17-8-6-16(21)7-9-17/h6-9,12-13H,4-5,10-11H2,1-3H3,(H,22,23). The van der Waals surface area contributed by atoms with Crippen LogP contribution in [0.25, 0.3) is 0 Å². The van der Waals surface area contributed by atoms with E-state index in [9.17, 15) is 9.18 Å². The first-order chi connectivity index (χ1) is 12.0. The summed E-state index contributed by atoms with van der Waals surface area (Å²) < 4.78 is 18.7. The SMILES string of the molecule is CCCC(=O)NCCc1cc(C)cc(Sc2ccc(F)cc2)c1OC. The number of nitrogens with one attached hydrogen (secondary N) is 1. The molecule has 0 heterocycles. The summed E-state index contributed by atoms with van der Waals surface area (Å²) in [6, 6.07) is 10.6. The van der Waals surface area contributed by atoms with Gasteiger partial charge in [0.2, 0.25) is 5.91 Å². The van der Waals surface area contributed by atoms with E-state index >= 15 is 0 Å². The smallest absolute Gasteiger partial charge is 0.219 e. The van der Waals surface area contributed by atoms with Crippen LogP contribution >= 0.6 is 11.8 Å². The van der Waals surface area contributed by atoms with Gasteiger partial charge in [0.25, 0.3) is 0 Å². The molecule has 0 atom stereocenters. The van der Waals surface area contributed by atoms with Crippen LogP contribution in [-0.2, 0) is 11.2 Å². The van der Waals surface area contributed by atoms with Gasteiger partial charge in [-0.15, -0.1) is 0 Å². The zero-order valence-corrected chi connectivity index (χ0v) is 15.7. The maximum absolute atomic E-state index is 13.1. The van der Waals surface area contributed by atoms with Crippen molar-refractivity contribution < 1.29 is 13.9 Å². The predicted molar refractivity (Wildman–Crippen MR) is 99.9 cm³/mol. The van der Waals surface area contributed by atoms with Crippen molar-refractivity contribution in [3.05, 3.63) is 53.3 Å². The van der Waals surface area contributed by atoms with Crippen molar-refractivity contribution in [2.24, 2.45) is 0 Å². The molecule has 0 fully saturated rings. The van der Waals surface area contributed by atoms with Crippen molar-refractivity contribution in [1.82, 2.24) is 5.32 Å². The van der Waals surface area contributed by atoms with Crippen molar-refractivity contribution in [2.45, 2.75) is 42.9 Å². The highest BCUT2D eigenvalue weighted by Gasteiger charge is 2.12. The number of benzene rings is 2. The van der Waals surface area contributed by atoms with E-state index in [4.69, 9.17) is 4.74 Å². The second-order valence-electron chi connectivity index (χ2n) is 5.86. The average Bonchev–Trinajstić information content (AvgIpc) is 2.57. The van der Waals surface area contributed by atoms with Crippen LogP contribution in [0.2, 0.25) is 0 Å². The van der Waals surface area contributed by atoms with E-state index in [-0.39, 0.29) is 11.7 Å². The Bertz CT molecular complexity index is 716. The highest BCUT2D eigenvalue weighted by atomic mass is 32.2. The molecule has 2 aromatic carbocycles. The summed E-state index contributed by atoms with van der Waals surface area (Å²) in [6.07, 6.45) is 2.10. The van der Waals surface area contributed by atoms with Crippen LogP contribution in [0.5, 0.6) is 5.75 Å². The fourth-order valence-electron chi connectivity index (χ4n) is 2.59. The summed E-state index contributed by atoms with van der Waals surface area (Å²) in [5.74, 6) is 0.642. The van der Waals surface area contributed by atoms with Gasteiger partial charge in [0.1, 0.15) is 11.6 Å². The van der Waals surface area contributed by atoms with E-state index in [1.165, 1.54) is 12.1 Å². The summed E-state index contributed by atoms with van der Waals surface area (Å²) in [4.78, 5) is 13.6. The number of carbonyl (C=O) groups is 1. The van der Waals surface area contributed by atoms with Gasteiger partial charge in [0.05, 0.1) is 12.0 Å².